The Morgan fingerprint density at radius 3 is 1.85 bits per heavy atom. The fourth-order valence-electron chi connectivity index (χ4n) is 2.48. The van der Waals surface area contributed by atoms with E-state index in [1.54, 1.807) is 13.8 Å². The first kappa shape index (κ1) is 21.4. The first-order valence-electron chi connectivity index (χ1n) is 8.01. The summed E-state index contributed by atoms with van der Waals surface area (Å²) < 4.78 is 76.3. The number of hydrogen-bond acceptors (Lipinski definition) is 3. The van der Waals surface area contributed by atoms with E-state index in [0.29, 0.717) is 24.7 Å². The largest absolute Gasteiger partial charge is 0.434 e. The van der Waals surface area contributed by atoms with E-state index >= 15 is 0 Å². The third-order valence-electron chi connectivity index (χ3n) is 4.19. The molecule has 2 heterocycles. The van der Waals surface area contributed by atoms with Gasteiger partial charge in [0.15, 0.2) is 5.69 Å². The number of pyridine rings is 1. The molecule has 2 rings (SSSR count). The molecule has 3 nitrogen and oxygen atoms in total. The molecule has 0 saturated heterocycles. The van der Waals surface area contributed by atoms with Crippen molar-refractivity contribution in [3.05, 3.63) is 52.3 Å². The number of alkyl halides is 6. The summed E-state index contributed by atoms with van der Waals surface area (Å²) in [7, 11) is 0. The van der Waals surface area contributed by atoms with Gasteiger partial charge >= 0.3 is 12.4 Å². The van der Waals surface area contributed by atoms with Crippen LogP contribution in [0.1, 0.15) is 61.2 Å². The quantitative estimate of drug-likeness (QED) is 0.546. The van der Waals surface area contributed by atoms with Gasteiger partial charge in [-0.3, -0.25) is 9.97 Å². The molecule has 0 N–H and O–H groups in total. The van der Waals surface area contributed by atoms with Crippen LogP contribution in [0.25, 0.3) is 0 Å². The summed E-state index contributed by atoms with van der Waals surface area (Å²) in [4.78, 5) is 11.1. The van der Waals surface area contributed by atoms with Crippen molar-refractivity contribution in [1.29, 1.82) is 0 Å². The highest BCUT2D eigenvalue weighted by atomic mass is 35.5. The molecular weight excluding hydrogens is 396 g/mol. The van der Waals surface area contributed by atoms with Gasteiger partial charge in [0.25, 0.3) is 0 Å². The lowest BCUT2D eigenvalue weighted by molar-refractivity contribution is -0.141. The van der Waals surface area contributed by atoms with E-state index in [1.807, 2.05) is 0 Å². The molecule has 0 bridgehead atoms. The third-order valence-corrected chi connectivity index (χ3v) is 4.49. The Labute approximate surface area is 156 Å². The summed E-state index contributed by atoms with van der Waals surface area (Å²) in [5.74, 6) is -0.509. The number of nitrogens with zero attached hydrogens (tertiary/aromatic N) is 3. The number of hydrogen-bond donors (Lipinski definition) is 0. The predicted molar refractivity (Wildman–Crippen MR) is 87.3 cm³/mol. The standard InChI is InChI=1S/C17H16ClF6N3/c1-9(13-5-11(16(19,20)21)12(18)6-25-13)3-4-10(2)14-7-27-15(8-26-14)17(22,23)24/h5-10H,3-4H2,1-2H3. The van der Waals surface area contributed by atoms with Gasteiger partial charge in [0.05, 0.1) is 22.5 Å². The molecule has 0 spiro atoms. The zero-order chi connectivity index (χ0) is 20.4. The van der Waals surface area contributed by atoms with Gasteiger partial charge in [-0.05, 0) is 30.7 Å². The maximum atomic E-state index is 12.9. The Kier molecular flexibility index (Phi) is 6.34. The van der Waals surface area contributed by atoms with Gasteiger partial charge < -0.3 is 0 Å². The van der Waals surface area contributed by atoms with Crippen LogP contribution in [0.3, 0.4) is 0 Å². The van der Waals surface area contributed by atoms with Crippen molar-refractivity contribution in [2.45, 2.75) is 50.9 Å². The monoisotopic (exact) mass is 411 g/mol. The van der Waals surface area contributed by atoms with Crippen molar-refractivity contribution in [1.82, 2.24) is 15.0 Å². The van der Waals surface area contributed by atoms with E-state index in [2.05, 4.69) is 15.0 Å². The SMILES string of the molecule is CC(CCC(C)c1cc(C(F)(F)F)c(Cl)cn1)c1cnc(C(F)(F)F)cn1. The highest BCUT2D eigenvalue weighted by Gasteiger charge is 2.34. The van der Waals surface area contributed by atoms with E-state index < -0.39 is 28.6 Å². The van der Waals surface area contributed by atoms with Crippen molar-refractivity contribution in [3.63, 3.8) is 0 Å². The summed E-state index contributed by atoms with van der Waals surface area (Å²) in [6.07, 6.45) is -5.45. The van der Waals surface area contributed by atoms with Crippen LogP contribution < -0.4 is 0 Å². The summed E-state index contributed by atoms with van der Waals surface area (Å²) in [5.41, 5.74) is -1.38. The van der Waals surface area contributed by atoms with Crippen LogP contribution in [0.4, 0.5) is 26.3 Å². The van der Waals surface area contributed by atoms with E-state index in [9.17, 15) is 26.3 Å². The smallest absolute Gasteiger partial charge is 0.259 e. The molecule has 0 saturated carbocycles. The molecule has 0 fully saturated rings. The molecule has 2 unspecified atom stereocenters. The molecule has 0 amide bonds. The zero-order valence-corrected chi connectivity index (χ0v) is 15.1. The van der Waals surface area contributed by atoms with Gasteiger partial charge in [-0.1, -0.05) is 25.4 Å². The fourth-order valence-corrected chi connectivity index (χ4v) is 2.69. The normalized spacial score (nSPS) is 14.9. The highest BCUT2D eigenvalue weighted by molar-refractivity contribution is 6.31. The maximum Gasteiger partial charge on any atom is 0.434 e. The maximum absolute atomic E-state index is 12.9. The third kappa shape index (κ3) is 5.54. The second kappa shape index (κ2) is 8.00. The zero-order valence-electron chi connectivity index (χ0n) is 14.4. The molecule has 0 aliphatic heterocycles. The lowest BCUT2D eigenvalue weighted by Crippen LogP contribution is -2.11. The fraction of sp³-hybridized carbons (Fsp3) is 0.471. The van der Waals surface area contributed by atoms with Gasteiger partial charge in [-0.15, -0.1) is 0 Å². The van der Waals surface area contributed by atoms with E-state index in [-0.39, 0.29) is 17.5 Å². The van der Waals surface area contributed by atoms with E-state index in [4.69, 9.17) is 11.6 Å². The van der Waals surface area contributed by atoms with Crippen LogP contribution >= 0.6 is 11.6 Å². The minimum Gasteiger partial charge on any atom is -0.259 e. The Hall–Kier alpha value is -1.90. The van der Waals surface area contributed by atoms with Crippen molar-refractivity contribution >= 4 is 11.6 Å². The summed E-state index contributed by atoms with van der Waals surface area (Å²) >= 11 is 5.56. The lowest BCUT2D eigenvalue weighted by atomic mass is 9.93. The number of aromatic nitrogens is 3. The van der Waals surface area contributed by atoms with Crippen LogP contribution in [-0.2, 0) is 12.4 Å². The molecule has 2 atom stereocenters. The molecule has 0 aliphatic rings. The minimum absolute atomic E-state index is 0.211. The Morgan fingerprint density at radius 2 is 1.37 bits per heavy atom. The molecule has 27 heavy (non-hydrogen) atoms. The second-order valence-corrected chi connectivity index (χ2v) is 6.70. The van der Waals surface area contributed by atoms with Crippen molar-refractivity contribution < 1.29 is 26.3 Å². The Morgan fingerprint density at radius 1 is 0.815 bits per heavy atom. The topological polar surface area (TPSA) is 38.7 Å². The molecule has 148 valence electrons. The molecule has 0 aromatic carbocycles. The number of rotatable bonds is 5. The molecule has 0 radical (unpaired) electrons. The average molecular weight is 412 g/mol. The molecule has 2 aromatic rings. The highest BCUT2D eigenvalue weighted by Crippen LogP contribution is 2.36. The first-order valence-corrected chi connectivity index (χ1v) is 8.39. The summed E-state index contributed by atoms with van der Waals surface area (Å²) in [6, 6.07) is 0.926. The second-order valence-electron chi connectivity index (χ2n) is 6.29. The van der Waals surface area contributed by atoms with Gasteiger partial charge in [0.2, 0.25) is 0 Å². The van der Waals surface area contributed by atoms with Crippen molar-refractivity contribution in [2.75, 3.05) is 0 Å². The molecule has 2 aromatic heterocycles. The summed E-state index contributed by atoms with van der Waals surface area (Å²) in [6.45, 7) is 3.49. The molecule has 10 heteroatoms. The van der Waals surface area contributed by atoms with Gasteiger partial charge in [-0.25, -0.2) is 4.98 Å². The lowest BCUT2D eigenvalue weighted by Gasteiger charge is -2.17. The molecular formula is C17H16ClF6N3. The van der Waals surface area contributed by atoms with Gasteiger partial charge in [0, 0.05) is 18.1 Å². The van der Waals surface area contributed by atoms with Crippen LogP contribution in [-0.4, -0.2) is 15.0 Å². The Balaban J connectivity index is 2.04. The average Bonchev–Trinajstić information content (AvgIpc) is 2.58. The van der Waals surface area contributed by atoms with Crippen LogP contribution in [0.5, 0.6) is 0 Å². The Bertz CT molecular complexity index is 774. The summed E-state index contributed by atoms with van der Waals surface area (Å²) in [5, 5.41) is -0.466. The number of halogens is 7. The first-order chi connectivity index (χ1) is 12.4. The van der Waals surface area contributed by atoms with Gasteiger partial charge in [0.1, 0.15) is 0 Å². The van der Waals surface area contributed by atoms with Crippen LogP contribution in [0, 0.1) is 0 Å². The predicted octanol–water partition coefficient (Wildman–Crippen LogP) is 6.25. The van der Waals surface area contributed by atoms with Crippen LogP contribution in [0.15, 0.2) is 24.7 Å². The van der Waals surface area contributed by atoms with Crippen molar-refractivity contribution in [3.8, 4) is 0 Å². The molecule has 0 aliphatic carbocycles. The van der Waals surface area contributed by atoms with Crippen LogP contribution in [0.2, 0.25) is 5.02 Å². The van der Waals surface area contributed by atoms with E-state index in [0.717, 1.165) is 18.5 Å². The van der Waals surface area contributed by atoms with Gasteiger partial charge in [-0.2, -0.15) is 26.3 Å². The van der Waals surface area contributed by atoms with E-state index in [1.165, 1.54) is 0 Å². The minimum atomic E-state index is -4.57. The van der Waals surface area contributed by atoms with Crippen molar-refractivity contribution in [2.24, 2.45) is 0 Å².